The fourth-order valence-corrected chi connectivity index (χ4v) is 3.14. The molecule has 6 nitrogen and oxygen atoms in total. The third-order valence-corrected chi connectivity index (χ3v) is 4.75. The lowest BCUT2D eigenvalue weighted by Crippen LogP contribution is -2.26. The van der Waals surface area contributed by atoms with Crippen molar-refractivity contribution >= 4 is 5.91 Å². The Morgan fingerprint density at radius 1 is 1.06 bits per heavy atom. The van der Waals surface area contributed by atoms with Crippen molar-refractivity contribution < 1.29 is 24.5 Å². The molecule has 0 radical (unpaired) electrons. The van der Waals surface area contributed by atoms with E-state index in [0.717, 1.165) is 17.7 Å². The minimum atomic E-state index is -0.315. The summed E-state index contributed by atoms with van der Waals surface area (Å²) in [7, 11) is 1.68. The van der Waals surface area contributed by atoms with E-state index in [-0.39, 0.29) is 34.5 Å². The van der Waals surface area contributed by atoms with Gasteiger partial charge in [-0.1, -0.05) is 26.0 Å². The Morgan fingerprint density at radius 2 is 1.77 bits per heavy atom. The normalized spacial score (nSPS) is 11.6. The molecule has 0 aliphatic carbocycles. The second kappa shape index (κ2) is 10.5. The largest absolute Gasteiger partial charge is 0.508 e. The van der Waals surface area contributed by atoms with E-state index >= 15 is 0 Å². The van der Waals surface area contributed by atoms with Crippen LogP contribution in [0.5, 0.6) is 17.2 Å². The van der Waals surface area contributed by atoms with Gasteiger partial charge in [0.15, 0.2) is 0 Å². The smallest absolute Gasteiger partial charge is 0.257 e. The van der Waals surface area contributed by atoms with E-state index in [0.29, 0.717) is 25.3 Å². The van der Waals surface area contributed by atoms with Crippen molar-refractivity contribution in [1.82, 2.24) is 4.90 Å². The van der Waals surface area contributed by atoms with Gasteiger partial charge in [-0.05, 0) is 56.0 Å². The number of ether oxygens (including phenoxy) is 2. The van der Waals surface area contributed by atoms with Gasteiger partial charge in [0.1, 0.15) is 17.2 Å². The van der Waals surface area contributed by atoms with E-state index in [4.69, 9.17) is 9.47 Å². The molecular formula is C25H35NO5. The highest BCUT2D eigenvalue weighted by Crippen LogP contribution is 2.33. The summed E-state index contributed by atoms with van der Waals surface area (Å²) in [6, 6.07) is 10.4. The van der Waals surface area contributed by atoms with Gasteiger partial charge in [0.25, 0.3) is 5.91 Å². The van der Waals surface area contributed by atoms with Gasteiger partial charge in [-0.25, -0.2) is 0 Å². The van der Waals surface area contributed by atoms with Gasteiger partial charge in [0.2, 0.25) is 0 Å². The standard InChI is InChI=1S/C25H35NO5/c1-17(2)20-14-21(23(28)15-22(20)27)24(29)26(6)16-18-9-7-10-19(13-18)30-11-8-12-31-25(3,4)5/h7,9-10,13-15,17,27-28H,8,11-12,16H2,1-6H3. The van der Waals surface area contributed by atoms with Crippen molar-refractivity contribution in [1.29, 1.82) is 0 Å². The van der Waals surface area contributed by atoms with Crippen LogP contribution >= 0.6 is 0 Å². The molecule has 0 heterocycles. The first-order chi connectivity index (χ1) is 14.5. The average molecular weight is 430 g/mol. The highest BCUT2D eigenvalue weighted by Gasteiger charge is 2.20. The summed E-state index contributed by atoms with van der Waals surface area (Å²) < 4.78 is 11.5. The first-order valence-electron chi connectivity index (χ1n) is 10.6. The topological polar surface area (TPSA) is 79.2 Å². The zero-order chi connectivity index (χ0) is 23.2. The van der Waals surface area contributed by atoms with E-state index in [1.807, 2.05) is 58.9 Å². The van der Waals surface area contributed by atoms with Crippen LogP contribution in [0, 0.1) is 0 Å². The van der Waals surface area contributed by atoms with Crippen molar-refractivity contribution in [2.24, 2.45) is 0 Å². The molecule has 2 rings (SSSR count). The summed E-state index contributed by atoms with van der Waals surface area (Å²) >= 11 is 0. The predicted molar refractivity (Wildman–Crippen MR) is 122 cm³/mol. The van der Waals surface area contributed by atoms with Gasteiger partial charge in [-0.2, -0.15) is 0 Å². The third-order valence-electron chi connectivity index (χ3n) is 4.75. The van der Waals surface area contributed by atoms with Gasteiger partial charge in [0, 0.05) is 26.1 Å². The molecule has 0 aliphatic heterocycles. The summed E-state index contributed by atoms with van der Waals surface area (Å²) in [6.45, 7) is 11.5. The van der Waals surface area contributed by atoms with Crippen LogP contribution in [-0.2, 0) is 11.3 Å². The van der Waals surface area contributed by atoms with E-state index in [1.54, 1.807) is 13.1 Å². The molecule has 2 aromatic rings. The summed E-state index contributed by atoms with van der Waals surface area (Å²) in [6.07, 6.45) is 0.790. The number of nitrogens with zero attached hydrogens (tertiary/aromatic N) is 1. The summed E-state index contributed by atoms with van der Waals surface area (Å²) in [5.41, 5.74) is 1.57. The Bertz CT molecular complexity index is 886. The Balaban J connectivity index is 1.99. The number of hydrogen-bond donors (Lipinski definition) is 2. The Morgan fingerprint density at radius 3 is 2.42 bits per heavy atom. The molecule has 0 saturated carbocycles. The minimum absolute atomic E-state index is 0.00977. The maximum absolute atomic E-state index is 12.9. The lowest BCUT2D eigenvalue weighted by atomic mass is 9.98. The minimum Gasteiger partial charge on any atom is -0.508 e. The molecule has 0 aromatic heterocycles. The highest BCUT2D eigenvalue weighted by atomic mass is 16.5. The van der Waals surface area contributed by atoms with Crippen LogP contribution in [0.4, 0.5) is 0 Å². The number of phenolic OH excluding ortho intramolecular Hbond substituents is 2. The first-order valence-corrected chi connectivity index (χ1v) is 10.6. The number of aromatic hydroxyl groups is 2. The van der Waals surface area contributed by atoms with Gasteiger partial charge in [-0.3, -0.25) is 4.79 Å². The molecule has 0 aliphatic rings. The Kier molecular flexibility index (Phi) is 8.34. The molecule has 0 saturated heterocycles. The molecule has 0 spiro atoms. The summed E-state index contributed by atoms with van der Waals surface area (Å²) in [4.78, 5) is 14.4. The number of amides is 1. The number of hydrogen-bond acceptors (Lipinski definition) is 5. The van der Waals surface area contributed by atoms with E-state index in [1.165, 1.54) is 11.0 Å². The number of phenols is 2. The van der Waals surface area contributed by atoms with E-state index in [9.17, 15) is 15.0 Å². The zero-order valence-electron chi connectivity index (χ0n) is 19.4. The van der Waals surface area contributed by atoms with Crippen molar-refractivity contribution in [3.63, 3.8) is 0 Å². The van der Waals surface area contributed by atoms with E-state index < -0.39 is 0 Å². The molecule has 31 heavy (non-hydrogen) atoms. The van der Waals surface area contributed by atoms with Crippen LogP contribution in [0.2, 0.25) is 0 Å². The zero-order valence-corrected chi connectivity index (χ0v) is 19.4. The third kappa shape index (κ3) is 7.47. The SMILES string of the molecule is CC(C)c1cc(C(=O)N(C)Cc2cccc(OCCCOC(C)(C)C)c2)c(O)cc1O. The molecule has 2 N–H and O–H groups in total. The van der Waals surface area contributed by atoms with Crippen molar-refractivity contribution in [2.45, 2.75) is 59.1 Å². The molecule has 2 aromatic carbocycles. The quantitative estimate of drug-likeness (QED) is 0.544. The molecule has 0 unspecified atom stereocenters. The van der Waals surface area contributed by atoms with Crippen LogP contribution < -0.4 is 4.74 Å². The van der Waals surface area contributed by atoms with Crippen LogP contribution in [0.1, 0.15) is 68.4 Å². The number of rotatable bonds is 9. The van der Waals surface area contributed by atoms with Crippen molar-refractivity contribution in [3.8, 4) is 17.2 Å². The maximum Gasteiger partial charge on any atom is 0.257 e. The summed E-state index contributed by atoms with van der Waals surface area (Å²) in [5, 5.41) is 20.2. The molecule has 1 amide bonds. The lowest BCUT2D eigenvalue weighted by Gasteiger charge is -2.20. The van der Waals surface area contributed by atoms with Crippen LogP contribution in [0.25, 0.3) is 0 Å². The van der Waals surface area contributed by atoms with Crippen LogP contribution in [0.15, 0.2) is 36.4 Å². The fraction of sp³-hybridized carbons (Fsp3) is 0.480. The molecule has 170 valence electrons. The van der Waals surface area contributed by atoms with Gasteiger partial charge >= 0.3 is 0 Å². The number of carbonyl (C=O) groups is 1. The number of carbonyl (C=O) groups excluding carboxylic acids is 1. The average Bonchev–Trinajstić information content (AvgIpc) is 2.66. The number of benzene rings is 2. The second-order valence-corrected chi connectivity index (χ2v) is 9.05. The monoisotopic (exact) mass is 429 g/mol. The van der Waals surface area contributed by atoms with E-state index in [2.05, 4.69) is 0 Å². The lowest BCUT2D eigenvalue weighted by molar-refractivity contribution is -0.00769. The second-order valence-electron chi connectivity index (χ2n) is 9.05. The van der Waals surface area contributed by atoms with Crippen LogP contribution in [0.3, 0.4) is 0 Å². The van der Waals surface area contributed by atoms with Gasteiger partial charge in [0.05, 0.1) is 24.4 Å². The van der Waals surface area contributed by atoms with Gasteiger partial charge < -0.3 is 24.6 Å². The van der Waals surface area contributed by atoms with Crippen LogP contribution in [-0.4, -0.2) is 46.9 Å². The van der Waals surface area contributed by atoms with Crippen molar-refractivity contribution in [2.75, 3.05) is 20.3 Å². The first kappa shape index (κ1) is 24.5. The van der Waals surface area contributed by atoms with Gasteiger partial charge in [-0.15, -0.1) is 0 Å². The molecule has 0 atom stereocenters. The maximum atomic E-state index is 12.9. The highest BCUT2D eigenvalue weighted by molar-refractivity contribution is 5.97. The molecule has 0 bridgehead atoms. The predicted octanol–water partition coefficient (Wildman–Crippen LogP) is 5.08. The van der Waals surface area contributed by atoms with Crippen molar-refractivity contribution in [3.05, 3.63) is 53.1 Å². The Labute approximate surface area is 185 Å². The fourth-order valence-electron chi connectivity index (χ4n) is 3.14. The molecule has 0 fully saturated rings. The summed E-state index contributed by atoms with van der Waals surface area (Å²) in [5.74, 6) is 0.214. The Hall–Kier alpha value is -2.73. The molecule has 6 heteroatoms. The molecular weight excluding hydrogens is 394 g/mol.